The normalized spacial score (nSPS) is 20.8. The SMILES string of the molecule is COc1ccc([N+](=O)[O-])cc1CN1C[C@@H](C(F)(F)F)[C@H](C(=O)O)C1.Cl. The van der Waals surface area contributed by atoms with E-state index in [9.17, 15) is 28.1 Å². The molecule has 1 aliphatic heterocycles. The maximum Gasteiger partial charge on any atom is 0.393 e. The van der Waals surface area contributed by atoms with Gasteiger partial charge in [0, 0.05) is 37.3 Å². The van der Waals surface area contributed by atoms with Gasteiger partial charge < -0.3 is 9.84 Å². The van der Waals surface area contributed by atoms with Crippen molar-refractivity contribution in [2.75, 3.05) is 20.2 Å². The first-order chi connectivity index (χ1) is 11.1. The molecule has 1 aromatic rings. The van der Waals surface area contributed by atoms with Gasteiger partial charge in [-0.1, -0.05) is 0 Å². The van der Waals surface area contributed by atoms with Crippen LogP contribution in [0.15, 0.2) is 18.2 Å². The number of nitro benzene ring substituents is 1. The average Bonchev–Trinajstić information content (AvgIpc) is 2.91. The summed E-state index contributed by atoms with van der Waals surface area (Å²) in [6, 6.07) is 3.81. The van der Waals surface area contributed by atoms with Gasteiger partial charge >= 0.3 is 12.1 Å². The number of benzene rings is 1. The molecular weight excluding hydrogens is 369 g/mol. The third-order valence-electron chi connectivity index (χ3n) is 4.00. The van der Waals surface area contributed by atoms with Crippen LogP contribution in [-0.2, 0) is 11.3 Å². The number of hydrogen-bond acceptors (Lipinski definition) is 5. The summed E-state index contributed by atoms with van der Waals surface area (Å²) in [5.74, 6) is -4.75. The van der Waals surface area contributed by atoms with E-state index in [0.29, 0.717) is 11.3 Å². The topological polar surface area (TPSA) is 92.9 Å². The fraction of sp³-hybridized carbons (Fsp3) is 0.500. The minimum absolute atomic E-state index is 0. The summed E-state index contributed by atoms with van der Waals surface area (Å²) in [4.78, 5) is 22.6. The molecule has 1 aliphatic rings. The van der Waals surface area contributed by atoms with Gasteiger partial charge in [-0.3, -0.25) is 19.8 Å². The summed E-state index contributed by atoms with van der Waals surface area (Å²) < 4.78 is 44.1. The van der Waals surface area contributed by atoms with E-state index in [0.717, 1.165) is 0 Å². The first-order valence-corrected chi connectivity index (χ1v) is 6.96. The Kier molecular flexibility index (Phi) is 6.61. The molecule has 11 heteroatoms. The summed E-state index contributed by atoms with van der Waals surface area (Å²) >= 11 is 0. The lowest BCUT2D eigenvalue weighted by atomic mass is 9.96. The summed E-state index contributed by atoms with van der Waals surface area (Å²) in [5.41, 5.74) is 0.116. The molecule has 1 N–H and O–H groups in total. The second-order valence-corrected chi connectivity index (χ2v) is 5.54. The number of rotatable bonds is 5. The minimum Gasteiger partial charge on any atom is -0.496 e. The summed E-state index contributed by atoms with van der Waals surface area (Å²) in [6.45, 7) is -0.834. The number of aliphatic carboxylic acids is 1. The Morgan fingerprint density at radius 3 is 2.52 bits per heavy atom. The number of non-ortho nitro benzene ring substituents is 1. The van der Waals surface area contributed by atoms with Gasteiger partial charge in [0.05, 0.1) is 23.9 Å². The van der Waals surface area contributed by atoms with Crippen molar-refractivity contribution >= 4 is 24.1 Å². The average molecular weight is 385 g/mol. The van der Waals surface area contributed by atoms with Gasteiger partial charge in [-0.25, -0.2) is 0 Å². The van der Waals surface area contributed by atoms with Crippen molar-refractivity contribution in [2.24, 2.45) is 11.8 Å². The van der Waals surface area contributed by atoms with Crippen LogP contribution in [0.4, 0.5) is 18.9 Å². The largest absolute Gasteiger partial charge is 0.496 e. The number of nitrogens with zero attached hydrogens (tertiary/aromatic N) is 2. The number of likely N-dealkylation sites (tertiary alicyclic amines) is 1. The Morgan fingerprint density at radius 2 is 2.08 bits per heavy atom. The molecule has 0 amide bonds. The highest BCUT2D eigenvalue weighted by molar-refractivity contribution is 5.85. The molecule has 1 saturated heterocycles. The Bertz CT molecular complexity index is 656. The fourth-order valence-electron chi connectivity index (χ4n) is 2.84. The number of alkyl halides is 3. The number of carbonyl (C=O) groups is 1. The number of hydrogen-bond donors (Lipinski definition) is 1. The lowest BCUT2D eigenvalue weighted by molar-refractivity contribution is -0.385. The molecule has 7 nitrogen and oxygen atoms in total. The fourth-order valence-corrected chi connectivity index (χ4v) is 2.84. The molecular formula is C14H16ClF3N2O5. The monoisotopic (exact) mass is 384 g/mol. The standard InChI is InChI=1S/C14H15F3N2O5.ClH/c1-24-12-3-2-9(19(22)23)4-8(12)5-18-6-10(13(20)21)11(7-18)14(15,16)17;/h2-4,10-11H,5-7H2,1H3,(H,20,21);1H/t10-,11-;/m1./s1. The van der Waals surface area contributed by atoms with Crippen LogP contribution in [-0.4, -0.2) is 47.3 Å². The van der Waals surface area contributed by atoms with Gasteiger partial charge in [-0.05, 0) is 6.07 Å². The number of nitro groups is 1. The van der Waals surface area contributed by atoms with Crippen LogP contribution in [0.5, 0.6) is 5.75 Å². The molecule has 0 aromatic heterocycles. The van der Waals surface area contributed by atoms with Gasteiger partial charge in [-0.15, -0.1) is 12.4 Å². The minimum atomic E-state index is -4.62. The predicted octanol–water partition coefficient (Wildman–Crippen LogP) is 2.72. The van der Waals surface area contributed by atoms with Crippen molar-refractivity contribution in [1.82, 2.24) is 4.90 Å². The Morgan fingerprint density at radius 1 is 1.44 bits per heavy atom. The van der Waals surface area contributed by atoms with Gasteiger partial charge in [0.15, 0.2) is 0 Å². The van der Waals surface area contributed by atoms with Gasteiger partial charge in [0.2, 0.25) is 0 Å². The van der Waals surface area contributed by atoms with E-state index in [1.54, 1.807) is 0 Å². The van der Waals surface area contributed by atoms with Crippen LogP contribution in [0.25, 0.3) is 0 Å². The van der Waals surface area contributed by atoms with Crippen LogP contribution < -0.4 is 4.74 Å². The predicted molar refractivity (Wildman–Crippen MR) is 82.8 cm³/mol. The van der Waals surface area contributed by atoms with Crippen molar-refractivity contribution in [2.45, 2.75) is 12.7 Å². The number of halogens is 4. The highest BCUT2D eigenvalue weighted by Crippen LogP contribution is 2.39. The molecule has 0 radical (unpaired) electrons. The van der Waals surface area contributed by atoms with E-state index >= 15 is 0 Å². The van der Waals surface area contributed by atoms with Crippen molar-refractivity contribution in [3.05, 3.63) is 33.9 Å². The quantitative estimate of drug-likeness (QED) is 0.619. The third-order valence-corrected chi connectivity index (χ3v) is 4.00. The van der Waals surface area contributed by atoms with Crippen LogP contribution in [0.3, 0.4) is 0 Å². The van der Waals surface area contributed by atoms with Crippen molar-refractivity contribution in [3.63, 3.8) is 0 Å². The Labute approximate surface area is 146 Å². The van der Waals surface area contributed by atoms with Crippen LogP contribution in [0, 0.1) is 22.0 Å². The molecule has 0 saturated carbocycles. The molecule has 1 aromatic carbocycles. The Hall–Kier alpha value is -2.07. The first kappa shape index (κ1) is 21.0. The van der Waals surface area contributed by atoms with Crippen LogP contribution >= 0.6 is 12.4 Å². The van der Waals surface area contributed by atoms with Gasteiger partial charge in [-0.2, -0.15) is 13.2 Å². The van der Waals surface area contributed by atoms with Crippen molar-refractivity contribution in [3.8, 4) is 5.75 Å². The van der Waals surface area contributed by atoms with E-state index in [4.69, 9.17) is 9.84 Å². The van der Waals surface area contributed by atoms with Crippen LogP contribution in [0.1, 0.15) is 5.56 Å². The highest BCUT2D eigenvalue weighted by atomic mass is 35.5. The van der Waals surface area contributed by atoms with E-state index < -0.39 is 35.4 Å². The van der Waals surface area contributed by atoms with E-state index in [1.165, 1.54) is 30.2 Å². The molecule has 0 bridgehead atoms. The smallest absolute Gasteiger partial charge is 0.393 e. The molecule has 0 spiro atoms. The molecule has 0 aliphatic carbocycles. The molecule has 1 fully saturated rings. The molecule has 2 rings (SSSR count). The second kappa shape index (κ2) is 7.87. The number of methoxy groups -OCH3 is 1. The zero-order valence-electron chi connectivity index (χ0n) is 13.0. The van der Waals surface area contributed by atoms with Crippen molar-refractivity contribution in [1.29, 1.82) is 0 Å². The zero-order valence-corrected chi connectivity index (χ0v) is 13.8. The molecule has 1 heterocycles. The molecule has 140 valence electrons. The summed E-state index contributed by atoms with van der Waals surface area (Å²) in [6.07, 6.45) is -4.62. The second-order valence-electron chi connectivity index (χ2n) is 5.54. The van der Waals surface area contributed by atoms with Gasteiger partial charge in [0.25, 0.3) is 5.69 Å². The number of carboxylic acid groups (broad SMARTS) is 1. The van der Waals surface area contributed by atoms with Crippen molar-refractivity contribution < 1.29 is 32.7 Å². The van der Waals surface area contributed by atoms with E-state index in [-0.39, 0.29) is 31.2 Å². The first-order valence-electron chi connectivity index (χ1n) is 6.96. The van der Waals surface area contributed by atoms with E-state index in [2.05, 4.69) is 0 Å². The summed E-state index contributed by atoms with van der Waals surface area (Å²) in [7, 11) is 1.34. The molecule has 25 heavy (non-hydrogen) atoms. The molecule has 2 atom stereocenters. The van der Waals surface area contributed by atoms with Gasteiger partial charge in [0.1, 0.15) is 5.75 Å². The maximum absolute atomic E-state index is 13.0. The summed E-state index contributed by atoms with van der Waals surface area (Å²) in [5, 5.41) is 19.8. The lowest BCUT2D eigenvalue weighted by Crippen LogP contribution is -2.33. The highest BCUT2D eigenvalue weighted by Gasteiger charge is 2.52. The zero-order chi connectivity index (χ0) is 18.1. The number of ether oxygens (including phenoxy) is 1. The van der Waals surface area contributed by atoms with Crippen LogP contribution in [0.2, 0.25) is 0 Å². The molecule has 0 unspecified atom stereocenters. The maximum atomic E-state index is 13.0. The lowest BCUT2D eigenvalue weighted by Gasteiger charge is -2.19. The Balaban J connectivity index is 0.00000312. The van der Waals surface area contributed by atoms with E-state index in [1.807, 2.05) is 0 Å². The number of carboxylic acids is 1. The third kappa shape index (κ3) is 4.73.